The van der Waals surface area contributed by atoms with Crippen LogP contribution >= 0.6 is 0 Å². The number of aliphatic hydroxyl groups excluding tert-OH is 3. The molecule has 0 bridgehead atoms. The van der Waals surface area contributed by atoms with Crippen LogP contribution in [0.4, 0.5) is 0 Å². The van der Waals surface area contributed by atoms with E-state index in [2.05, 4.69) is 5.32 Å². The standard InChI is InChI=1S/C16H21NO7/c1-22-9-5-6-7-4-8(18)12(19)13(20)11(7)17-16(21)10(6)15(24-3)14(9)23-2/h5,7-8,11-13,18-20H,4H2,1-3H3,(H,17,21)/t7-,8+,11-,12-,13+/m0/s1. The van der Waals surface area contributed by atoms with Crippen molar-refractivity contribution in [2.75, 3.05) is 21.3 Å². The first-order valence-electron chi connectivity index (χ1n) is 7.62. The Labute approximate surface area is 139 Å². The van der Waals surface area contributed by atoms with E-state index in [4.69, 9.17) is 14.2 Å². The molecule has 3 rings (SSSR count). The third-order valence-electron chi connectivity index (χ3n) is 4.83. The van der Waals surface area contributed by atoms with Gasteiger partial charge in [-0.3, -0.25) is 4.79 Å². The highest BCUT2D eigenvalue weighted by atomic mass is 16.5. The van der Waals surface area contributed by atoms with E-state index in [1.807, 2.05) is 0 Å². The zero-order chi connectivity index (χ0) is 17.6. The maximum atomic E-state index is 12.6. The number of hydrogen-bond acceptors (Lipinski definition) is 7. The van der Waals surface area contributed by atoms with Crippen molar-refractivity contribution in [1.29, 1.82) is 0 Å². The molecule has 8 heteroatoms. The molecule has 2 aliphatic rings. The number of benzene rings is 1. The highest BCUT2D eigenvalue weighted by Gasteiger charge is 2.48. The Balaban J connectivity index is 2.20. The number of amides is 1. The van der Waals surface area contributed by atoms with Gasteiger partial charge < -0.3 is 34.8 Å². The first kappa shape index (κ1) is 16.8. The van der Waals surface area contributed by atoms with Crippen molar-refractivity contribution >= 4 is 5.91 Å². The zero-order valence-electron chi connectivity index (χ0n) is 13.6. The molecule has 132 valence electrons. The van der Waals surface area contributed by atoms with Crippen LogP contribution in [0, 0.1) is 0 Å². The fourth-order valence-electron chi connectivity index (χ4n) is 3.66. The number of fused-ring (bicyclic) bond motifs is 3. The van der Waals surface area contributed by atoms with Gasteiger partial charge in [0.25, 0.3) is 5.91 Å². The van der Waals surface area contributed by atoms with Crippen molar-refractivity contribution < 1.29 is 34.3 Å². The predicted octanol–water partition coefficient (Wildman–Crippen LogP) is -0.606. The topological polar surface area (TPSA) is 117 Å². The maximum Gasteiger partial charge on any atom is 0.255 e. The summed E-state index contributed by atoms with van der Waals surface area (Å²) in [5, 5.41) is 32.8. The summed E-state index contributed by atoms with van der Waals surface area (Å²) >= 11 is 0. The quantitative estimate of drug-likeness (QED) is 0.580. The molecular formula is C16H21NO7. The van der Waals surface area contributed by atoms with E-state index >= 15 is 0 Å². The van der Waals surface area contributed by atoms with Crippen LogP contribution in [-0.4, -0.2) is 66.9 Å². The lowest BCUT2D eigenvalue weighted by Gasteiger charge is -2.44. The van der Waals surface area contributed by atoms with Crippen LogP contribution < -0.4 is 19.5 Å². The molecule has 5 atom stereocenters. The summed E-state index contributed by atoms with van der Waals surface area (Å²) < 4.78 is 16.0. The average Bonchev–Trinajstić information content (AvgIpc) is 2.59. The van der Waals surface area contributed by atoms with Gasteiger partial charge in [-0.25, -0.2) is 0 Å². The Bertz CT molecular complexity index is 662. The Morgan fingerprint density at radius 3 is 2.29 bits per heavy atom. The van der Waals surface area contributed by atoms with Crippen molar-refractivity contribution in [2.24, 2.45) is 0 Å². The maximum absolute atomic E-state index is 12.6. The predicted molar refractivity (Wildman–Crippen MR) is 82.7 cm³/mol. The lowest BCUT2D eigenvalue weighted by molar-refractivity contribution is -0.104. The van der Waals surface area contributed by atoms with Crippen LogP contribution in [0.3, 0.4) is 0 Å². The summed E-state index contributed by atoms with van der Waals surface area (Å²) in [7, 11) is 4.34. The highest BCUT2D eigenvalue weighted by molar-refractivity contribution is 6.01. The fraction of sp³-hybridized carbons (Fsp3) is 0.562. The Hall–Kier alpha value is -2.03. The number of methoxy groups -OCH3 is 3. The number of ether oxygens (including phenoxy) is 3. The van der Waals surface area contributed by atoms with Gasteiger partial charge in [0, 0.05) is 5.92 Å². The van der Waals surface area contributed by atoms with Crippen molar-refractivity contribution in [3.63, 3.8) is 0 Å². The minimum atomic E-state index is -1.31. The van der Waals surface area contributed by atoms with Crippen LogP contribution in [-0.2, 0) is 0 Å². The van der Waals surface area contributed by atoms with Crippen LogP contribution in [0.1, 0.15) is 28.3 Å². The van der Waals surface area contributed by atoms with E-state index in [0.717, 1.165) is 0 Å². The summed E-state index contributed by atoms with van der Waals surface area (Å²) in [4.78, 5) is 12.6. The van der Waals surface area contributed by atoms with Crippen molar-refractivity contribution in [3.8, 4) is 17.2 Å². The second kappa shape index (κ2) is 6.12. The smallest absolute Gasteiger partial charge is 0.255 e. The van der Waals surface area contributed by atoms with Crippen molar-refractivity contribution in [3.05, 3.63) is 17.2 Å². The number of aliphatic hydroxyl groups is 3. The molecule has 0 aromatic heterocycles. The van der Waals surface area contributed by atoms with Crippen LogP contribution in [0.2, 0.25) is 0 Å². The molecule has 0 radical (unpaired) electrons. The molecule has 0 saturated heterocycles. The van der Waals surface area contributed by atoms with Gasteiger partial charge in [0.05, 0.1) is 39.0 Å². The lowest BCUT2D eigenvalue weighted by Crippen LogP contribution is -2.61. The minimum absolute atomic E-state index is 0.189. The molecule has 1 aromatic rings. The summed E-state index contributed by atoms with van der Waals surface area (Å²) in [5.74, 6) is 0.0883. The highest BCUT2D eigenvalue weighted by Crippen LogP contribution is 2.48. The number of rotatable bonds is 3. The second-order valence-corrected chi connectivity index (χ2v) is 6.00. The van der Waals surface area contributed by atoms with Crippen LogP contribution in [0.25, 0.3) is 0 Å². The number of carbonyl (C=O) groups is 1. The molecular weight excluding hydrogens is 318 g/mol. The summed E-state index contributed by atoms with van der Waals surface area (Å²) in [6.45, 7) is 0. The summed E-state index contributed by atoms with van der Waals surface area (Å²) in [6, 6.07) is 0.954. The van der Waals surface area contributed by atoms with Gasteiger partial charge in [0.15, 0.2) is 11.5 Å². The van der Waals surface area contributed by atoms with E-state index in [1.165, 1.54) is 21.3 Å². The molecule has 1 aliphatic heterocycles. The fourth-order valence-corrected chi connectivity index (χ4v) is 3.66. The third kappa shape index (κ3) is 2.29. The molecule has 1 aromatic carbocycles. The lowest BCUT2D eigenvalue weighted by atomic mass is 9.72. The normalized spacial score (nSPS) is 31.6. The molecule has 8 nitrogen and oxygen atoms in total. The summed E-state index contributed by atoms with van der Waals surface area (Å²) in [5.41, 5.74) is 0.871. The number of nitrogens with one attached hydrogen (secondary N) is 1. The Morgan fingerprint density at radius 1 is 1.04 bits per heavy atom. The minimum Gasteiger partial charge on any atom is -0.493 e. The monoisotopic (exact) mass is 339 g/mol. The van der Waals surface area contributed by atoms with Crippen molar-refractivity contribution in [1.82, 2.24) is 5.32 Å². The van der Waals surface area contributed by atoms with Gasteiger partial charge in [0.2, 0.25) is 5.75 Å². The number of hydrogen-bond donors (Lipinski definition) is 4. The molecule has 1 saturated carbocycles. The van der Waals surface area contributed by atoms with Crippen LogP contribution in [0.15, 0.2) is 6.07 Å². The van der Waals surface area contributed by atoms with E-state index in [1.54, 1.807) is 6.07 Å². The van der Waals surface area contributed by atoms with Gasteiger partial charge in [-0.2, -0.15) is 0 Å². The number of carbonyl (C=O) groups excluding carboxylic acids is 1. The van der Waals surface area contributed by atoms with Crippen molar-refractivity contribution in [2.45, 2.75) is 36.7 Å². The summed E-state index contributed by atoms with van der Waals surface area (Å²) in [6.07, 6.45) is -3.48. The third-order valence-corrected chi connectivity index (χ3v) is 4.83. The van der Waals surface area contributed by atoms with E-state index in [0.29, 0.717) is 17.1 Å². The van der Waals surface area contributed by atoms with Gasteiger partial charge in [0.1, 0.15) is 12.2 Å². The van der Waals surface area contributed by atoms with Gasteiger partial charge in [-0.05, 0) is 18.1 Å². The Kier molecular flexibility index (Phi) is 4.29. The molecule has 0 spiro atoms. The van der Waals surface area contributed by atoms with E-state index in [-0.39, 0.29) is 23.7 Å². The molecule has 0 unspecified atom stereocenters. The Morgan fingerprint density at radius 2 is 1.71 bits per heavy atom. The van der Waals surface area contributed by atoms with Crippen LogP contribution in [0.5, 0.6) is 17.2 Å². The molecule has 4 N–H and O–H groups in total. The molecule has 1 fully saturated rings. The van der Waals surface area contributed by atoms with E-state index in [9.17, 15) is 20.1 Å². The molecule has 24 heavy (non-hydrogen) atoms. The van der Waals surface area contributed by atoms with Gasteiger partial charge in [-0.15, -0.1) is 0 Å². The largest absolute Gasteiger partial charge is 0.493 e. The first-order valence-corrected chi connectivity index (χ1v) is 7.62. The first-order chi connectivity index (χ1) is 11.4. The second-order valence-electron chi connectivity index (χ2n) is 6.00. The SMILES string of the molecule is COc1cc2c(c(OC)c1OC)C(=O)N[C@@H]1[C@@H](O)[C@@H](O)[C@H](O)C[C@@H]21. The molecule has 1 heterocycles. The average molecular weight is 339 g/mol. The zero-order valence-corrected chi connectivity index (χ0v) is 13.6. The van der Waals surface area contributed by atoms with Gasteiger partial charge in [-0.1, -0.05) is 0 Å². The molecule has 1 amide bonds. The van der Waals surface area contributed by atoms with Gasteiger partial charge >= 0.3 is 0 Å². The van der Waals surface area contributed by atoms with E-state index < -0.39 is 30.3 Å². The molecule has 1 aliphatic carbocycles.